The van der Waals surface area contributed by atoms with Crippen molar-refractivity contribution in [2.75, 3.05) is 23.0 Å². The first kappa shape index (κ1) is 28.2. The molecule has 0 saturated heterocycles. The van der Waals surface area contributed by atoms with E-state index in [2.05, 4.69) is 41.1 Å². The van der Waals surface area contributed by atoms with Crippen LogP contribution < -0.4 is 21.6 Å². The first-order chi connectivity index (χ1) is 18.8. The number of para-hydroxylation sites is 2. The number of nitrogens with one attached hydrogen (secondary N) is 1. The van der Waals surface area contributed by atoms with E-state index in [1.54, 1.807) is 21.4 Å². The molecule has 0 aliphatic carbocycles. The summed E-state index contributed by atoms with van der Waals surface area (Å²) in [5.74, 6) is 0.915. The molecule has 8 nitrogen and oxygen atoms in total. The van der Waals surface area contributed by atoms with Gasteiger partial charge in [0.25, 0.3) is 0 Å². The van der Waals surface area contributed by atoms with Crippen LogP contribution in [0.1, 0.15) is 78.7 Å². The van der Waals surface area contributed by atoms with Gasteiger partial charge in [-0.2, -0.15) is 4.98 Å². The molecule has 0 spiro atoms. The molecule has 2 aromatic heterocycles. The molecule has 0 fully saturated rings. The van der Waals surface area contributed by atoms with Crippen LogP contribution in [0, 0.1) is 0 Å². The zero-order valence-electron chi connectivity index (χ0n) is 24.0. The molecule has 4 rings (SSSR count). The number of benzene rings is 2. The average Bonchev–Trinajstić information content (AvgIpc) is 3.22. The van der Waals surface area contributed by atoms with Gasteiger partial charge in [-0.1, -0.05) is 57.6 Å². The monoisotopic (exact) mass is 529 g/mol. The molecule has 8 heteroatoms. The fraction of sp³-hybridized carbons (Fsp3) is 0.452. The molecule has 0 aliphatic heterocycles. The highest BCUT2D eigenvalue weighted by molar-refractivity contribution is 5.78. The summed E-state index contributed by atoms with van der Waals surface area (Å²) in [6.45, 7) is 8.52. The van der Waals surface area contributed by atoms with Gasteiger partial charge in [0.15, 0.2) is 0 Å². The van der Waals surface area contributed by atoms with E-state index in [0.717, 1.165) is 28.8 Å². The van der Waals surface area contributed by atoms with Crippen LogP contribution >= 0.6 is 0 Å². The lowest BCUT2D eigenvalue weighted by molar-refractivity contribution is 0.541. The van der Waals surface area contributed by atoms with Crippen molar-refractivity contribution in [3.05, 3.63) is 65.2 Å². The highest BCUT2D eigenvalue weighted by Gasteiger charge is 2.18. The standard InChI is InChI=1S/C31H43N7O/c1-6-7-8-9-10-11-14-23(4)36(5)26-18-17-24(21-25(26)32)34-30-33-20-19-29(35-30)38-28-16-13-12-15-27(28)37(22(2)3)31(38)39/h12-13,15-23H,6-11,14,32H2,1-5H3,(H,33,34,35). The lowest BCUT2D eigenvalue weighted by Gasteiger charge is -2.28. The Balaban J connectivity index is 1.48. The van der Waals surface area contributed by atoms with Gasteiger partial charge in [-0.15, -0.1) is 0 Å². The van der Waals surface area contributed by atoms with Crippen LogP contribution in [-0.4, -0.2) is 32.2 Å². The molecule has 208 valence electrons. The van der Waals surface area contributed by atoms with Gasteiger partial charge < -0.3 is 16.0 Å². The van der Waals surface area contributed by atoms with Gasteiger partial charge in [-0.05, 0) is 57.5 Å². The largest absolute Gasteiger partial charge is 0.397 e. The van der Waals surface area contributed by atoms with Gasteiger partial charge in [-0.25, -0.2) is 14.3 Å². The number of aromatic nitrogens is 4. The number of hydrogen-bond donors (Lipinski definition) is 2. The Morgan fingerprint density at radius 1 is 0.974 bits per heavy atom. The number of rotatable bonds is 13. The number of imidazole rings is 1. The number of nitrogens with two attached hydrogens (primary N) is 1. The molecular formula is C31H43N7O. The normalized spacial score (nSPS) is 12.3. The van der Waals surface area contributed by atoms with E-state index in [-0.39, 0.29) is 11.7 Å². The molecule has 0 amide bonds. The second kappa shape index (κ2) is 12.8. The minimum absolute atomic E-state index is 0.0243. The fourth-order valence-electron chi connectivity index (χ4n) is 5.16. The van der Waals surface area contributed by atoms with Crippen molar-refractivity contribution in [3.63, 3.8) is 0 Å². The molecule has 1 unspecified atom stereocenters. The number of nitrogens with zero attached hydrogens (tertiary/aromatic N) is 5. The first-order valence-corrected chi connectivity index (χ1v) is 14.3. The van der Waals surface area contributed by atoms with Crippen LogP contribution in [0.2, 0.25) is 0 Å². The number of hydrogen-bond acceptors (Lipinski definition) is 6. The van der Waals surface area contributed by atoms with Crippen LogP contribution in [0.3, 0.4) is 0 Å². The van der Waals surface area contributed by atoms with Crippen LogP contribution in [0.25, 0.3) is 16.9 Å². The van der Waals surface area contributed by atoms with E-state index >= 15 is 0 Å². The number of fused-ring (bicyclic) bond motifs is 1. The zero-order valence-corrected chi connectivity index (χ0v) is 24.0. The van der Waals surface area contributed by atoms with Crippen LogP contribution in [0.4, 0.5) is 23.0 Å². The minimum atomic E-state index is -0.123. The molecule has 39 heavy (non-hydrogen) atoms. The predicted octanol–water partition coefficient (Wildman–Crippen LogP) is 7.06. The molecule has 0 aliphatic rings. The maximum atomic E-state index is 13.3. The van der Waals surface area contributed by atoms with Crippen molar-refractivity contribution < 1.29 is 0 Å². The first-order valence-electron chi connectivity index (χ1n) is 14.3. The lowest BCUT2D eigenvalue weighted by Crippen LogP contribution is -2.29. The summed E-state index contributed by atoms with van der Waals surface area (Å²) in [6.07, 6.45) is 10.6. The van der Waals surface area contributed by atoms with E-state index in [4.69, 9.17) is 5.73 Å². The summed E-state index contributed by atoms with van der Waals surface area (Å²) in [5, 5.41) is 3.26. The van der Waals surface area contributed by atoms with Crippen molar-refractivity contribution in [1.82, 2.24) is 19.1 Å². The van der Waals surface area contributed by atoms with Crippen LogP contribution in [0.5, 0.6) is 0 Å². The molecule has 0 bridgehead atoms. The molecule has 0 saturated carbocycles. The molecule has 1 atom stereocenters. The van der Waals surface area contributed by atoms with Gasteiger partial charge in [0.1, 0.15) is 5.82 Å². The topological polar surface area (TPSA) is 94.0 Å². The van der Waals surface area contributed by atoms with E-state index in [1.165, 1.54) is 38.5 Å². The summed E-state index contributed by atoms with van der Waals surface area (Å²) in [6, 6.07) is 15.9. The molecule has 0 radical (unpaired) electrons. The Hall–Kier alpha value is -3.81. The Morgan fingerprint density at radius 3 is 2.41 bits per heavy atom. The quantitative estimate of drug-likeness (QED) is 0.142. The molecule has 2 heterocycles. The van der Waals surface area contributed by atoms with Gasteiger partial charge in [0.05, 0.1) is 22.4 Å². The minimum Gasteiger partial charge on any atom is -0.397 e. The molecule has 4 aromatic rings. The summed E-state index contributed by atoms with van der Waals surface area (Å²) in [4.78, 5) is 24.7. The Morgan fingerprint density at radius 2 is 1.69 bits per heavy atom. The number of unbranched alkanes of at least 4 members (excludes halogenated alkanes) is 5. The molecular weight excluding hydrogens is 486 g/mol. The van der Waals surface area contributed by atoms with E-state index in [1.807, 2.05) is 56.3 Å². The number of anilines is 4. The molecule has 2 aromatic carbocycles. The maximum absolute atomic E-state index is 13.3. The lowest BCUT2D eigenvalue weighted by atomic mass is 10.1. The SMILES string of the molecule is CCCCCCCCC(C)N(C)c1ccc(Nc2nccc(-n3c(=O)n(C(C)C)c4ccccc43)n2)cc1N. The summed E-state index contributed by atoms with van der Waals surface area (Å²) < 4.78 is 3.42. The highest BCUT2D eigenvalue weighted by atomic mass is 16.1. The summed E-state index contributed by atoms with van der Waals surface area (Å²) in [7, 11) is 2.11. The number of nitrogen functional groups attached to an aromatic ring is 1. The predicted molar refractivity (Wildman–Crippen MR) is 164 cm³/mol. The van der Waals surface area contributed by atoms with E-state index in [9.17, 15) is 4.79 Å². The second-order valence-electron chi connectivity index (χ2n) is 10.7. The van der Waals surface area contributed by atoms with Crippen molar-refractivity contribution in [2.45, 2.75) is 84.7 Å². The van der Waals surface area contributed by atoms with Gasteiger partial charge in [-0.3, -0.25) is 4.57 Å². The van der Waals surface area contributed by atoms with Crippen molar-refractivity contribution in [1.29, 1.82) is 0 Å². The zero-order chi connectivity index (χ0) is 27.9. The maximum Gasteiger partial charge on any atom is 0.335 e. The summed E-state index contributed by atoms with van der Waals surface area (Å²) >= 11 is 0. The second-order valence-corrected chi connectivity index (χ2v) is 10.7. The fourth-order valence-corrected chi connectivity index (χ4v) is 5.16. The third-order valence-electron chi connectivity index (χ3n) is 7.47. The van der Waals surface area contributed by atoms with E-state index < -0.39 is 0 Å². The Bertz CT molecular complexity index is 1440. The average molecular weight is 530 g/mol. The Kier molecular flexibility index (Phi) is 9.28. The smallest absolute Gasteiger partial charge is 0.335 e. The van der Waals surface area contributed by atoms with Gasteiger partial charge >= 0.3 is 5.69 Å². The Labute approximate surface area is 231 Å². The third-order valence-corrected chi connectivity index (χ3v) is 7.47. The molecule has 3 N–H and O–H groups in total. The highest BCUT2D eigenvalue weighted by Crippen LogP contribution is 2.29. The third kappa shape index (κ3) is 6.44. The van der Waals surface area contributed by atoms with Crippen molar-refractivity contribution >= 4 is 34.0 Å². The summed E-state index contributed by atoms with van der Waals surface area (Å²) in [5.41, 5.74) is 10.6. The van der Waals surface area contributed by atoms with Gasteiger partial charge in [0, 0.05) is 37.1 Å². The van der Waals surface area contributed by atoms with Crippen molar-refractivity contribution in [2.24, 2.45) is 0 Å². The van der Waals surface area contributed by atoms with Gasteiger partial charge in [0.2, 0.25) is 5.95 Å². The van der Waals surface area contributed by atoms with Crippen molar-refractivity contribution in [3.8, 4) is 5.82 Å². The van der Waals surface area contributed by atoms with E-state index in [0.29, 0.717) is 23.5 Å². The van der Waals surface area contributed by atoms with Crippen LogP contribution in [-0.2, 0) is 0 Å². The van der Waals surface area contributed by atoms with Crippen LogP contribution in [0.15, 0.2) is 59.5 Å².